The number of halogens is 2. The van der Waals surface area contributed by atoms with E-state index in [1.165, 1.54) is 25.0 Å². The number of nitrogens with one attached hydrogen (secondary N) is 1. The third-order valence-electron chi connectivity index (χ3n) is 2.41. The van der Waals surface area contributed by atoms with Crippen LogP contribution in [0.15, 0.2) is 18.2 Å². The summed E-state index contributed by atoms with van der Waals surface area (Å²) in [5.74, 6) is -0.212. The van der Waals surface area contributed by atoms with Gasteiger partial charge >= 0.3 is 0 Å². The molecule has 0 unspecified atom stereocenters. The molecule has 3 heteroatoms. The van der Waals surface area contributed by atoms with E-state index in [4.69, 9.17) is 11.6 Å². The number of hydrogen-bond acceptors (Lipinski definition) is 1. The maximum Gasteiger partial charge on any atom is 0.123 e. The van der Waals surface area contributed by atoms with E-state index < -0.39 is 0 Å². The van der Waals surface area contributed by atoms with Crippen molar-refractivity contribution in [1.82, 2.24) is 5.32 Å². The highest BCUT2D eigenvalue weighted by atomic mass is 35.5. The molecule has 0 radical (unpaired) electrons. The van der Waals surface area contributed by atoms with E-state index in [2.05, 4.69) is 5.32 Å². The van der Waals surface area contributed by atoms with Crippen LogP contribution in [0.1, 0.15) is 18.4 Å². The van der Waals surface area contributed by atoms with Crippen LogP contribution in [0.25, 0.3) is 0 Å². The van der Waals surface area contributed by atoms with Crippen molar-refractivity contribution >= 4 is 11.6 Å². The van der Waals surface area contributed by atoms with E-state index in [1.807, 2.05) is 0 Å². The van der Waals surface area contributed by atoms with E-state index in [0.29, 0.717) is 11.1 Å². The minimum absolute atomic E-state index is 0.212. The van der Waals surface area contributed by atoms with Gasteiger partial charge in [0.1, 0.15) is 5.82 Å². The van der Waals surface area contributed by atoms with Crippen molar-refractivity contribution in [3.05, 3.63) is 34.6 Å². The first-order chi connectivity index (χ1) is 6.75. The molecule has 0 saturated heterocycles. The van der Waals surface area contributed by atoms with Gasteiger partial charge in [-0.1, -0.05) is 11.6 Å². The molecular weight excluding hydrogens is 201 g/mol. The Kier molecular flexibility index (Phi) is 3.04. The zero-order valence-corrected chi connectivity index (χ0v) is 8.65. The second-order valence-corrected chi connectivity index (χ2v) is 4.12. The fraction of sp³-hybridized carbons (Fsp3) is 0.455. The van der Waals surface area contributed by atoms with Gasteiger partial charge in [0.15, 0.2) is 0 Å². The lowest BCUT2D eigenvalue weighted by Gasteiger charge is -2.05. The summed E-state index contributed by atoms with van der Waals surface area (Å²) in [4.78, 5) is 0. The van der Waals surface area contributed by atoms with E-state index in [9.17, 15) is 4.39 Å². The van der Waals surface area contributed by atoms with Gasteiger partial charge in [-0.2, -0.15) is 0 Å². The van der Waals surface area contributed by atoms with Crippen LogP contribution < -0.4 is 5.32 Å². The second-order valence-electron chi connectivity index (χ2n) is 3.71. The topological polar surface area (TPSA) is 12.0 Å². The Morgan fingerprint density at radius 3 is 2.93 bits per heavy atom. The van der Waals surface area contributed by atoms with E-state index in [-0.39, 0.29) is 5.82 Å². The normalized spacial score (nSPS) is 15.9. The van der Waals surface area contributed by atoms with E-state index >= 15 is 0 Å². The van der Waals surface area contributed by atoms with Gasteiger partial charge in [-0.05, 0) is 49.6 Å². The first kappa shape index (κ1) is 9.94. The van der Waals surface area contributed by atoms with Crippen LogP contribution in [0, 0.1) is 5.82 Å². The van der Waals surface area contributed by atoms with Crippen molar-refractivity contribution in [1.29, 1.82) is 0 Å². The van der Waals surface area contributed by atoms with Gasteiger partial charge in [0.2, 0.25) is 0 Å². The molecule has 1 N–H and O–H groups in total. The zero-order chi connectivity index (χ0) is 9.97. The molecule has 0 spiro atoms. The Morgan fingerprint density at radius 1 is 1.43 bits per heavy atom. The predicted molar refractivity (Wildman–Crippen MR) is 56.1 cm³/mol. The summed E-state index contributed by atoms with van der Waals surface area (Å²) >= 11 is 5.93. The first-order valence-corrected chi connectivity index (χ1v) is 5.31. The monoisotopic (exact) mass is 213 g/mol. The second kappa shape index (κ2) is 4.28. The van der Waals surface area contributed by atoms with Gasteiger partial charge in [-0.25, -0.2) is 4.39 Å². The van der Waals surface area contributed by atoms with Crippen LogP contribution in [0.5, 0.6) is 0 Å². The van der Waals surface area contributed by atoms with E-state index in [0.717, 1.165) is 18.5 Å². The number of hydrogen-bond donors (Lipinski definition) is 1. The van der Waals surface area contributed by atoms with Gasteiger partial charge in [0.05, 0.1) is 0 Å². The molecular formula is C11H13ClFN. The summed E-state index contributed by atoms with van der Waals surface area (Å²) in [7, 11) is 0. The summed E-state index contributed by atoms with van der Waals surface area (Å²) in [5.41, 5.74) is 0.889. The first-order valence-electron chi connectivity index (χ1n) is 4.93. The number of rotatable bonds is 4. The van der Waals surface area contributed by atoms with Crippen LogP contribution in [-0.4, -0.2) is 12.6 Å². The Hall–Kier alpha value is -0.600. The van der Waals surface area contributed by atoms with Crippen molar-refractivity contribution in [3.63, 3.8) is 0 Å². The molecule has 1 saturated carbocycles. The Balaban J connectivity index is 1.89. The molecule has 0 aromatic heterocycles. The van der Waals surface area contributed by atoms with Gasteiger partial charge in [-0.3, -0.25) is 0 Å². The predicted octanol–water partition coefficient (Wildman–Crippen LogP) is 2.77. The third-order valence-corrected chi connectivity index (χ3v) is 2.78. The van der Waals surface area contributed by atoms with Crippen molar-refractivity contribution < 1.29 is 4.39 Å². The highest BCUT2D eigenvalue weighted by Crippen LogP contribution is 2.20. The average molecular weight is 214 g/mol. The standard InChI is InChI=1S/C11H13ClFN/c12-11-4-1-9(13)7-8(11)5-6-14-10-2-3-10/h1,4,7,10,14H,2-3,5-6H2. The molecule has 14 heavy (non-hydrogen) atoms. The molecule has 1 aromatic rings. The van der Waals surface area contributed by atoms with Crippen molar-refractivity contribution in [2.24, 2.45) is 0 Å². The SMILES string of the molecule is Fc1ccc(Cl)c(CCNC2CC2)c1. The molecule has 2 rings (SSSR count). The van der Waals surface area contributed by atoms with E-state index in [1.54, 1.807) is 6.07 Å². The average Bonchev–Trinajstić information content (AvgIpc) is 2.95. The Labute approximate surface area is 88.3 Å². The lowest BCUT2D eigenvalue weighted by molar-refractivity contribution is 0.622. The molecule has 1 aromatic carbocycles. The molecule has 0 amide bonds. The van der Waals surface area contributed by atoms with Gasteiger partial charge in [0, 0.05) is 11.1 Å². The fourth-order valence-corrected chi connectivity index (χ4v) is 1.65. The van der Waals surface area contributed by atoms with Crippen LogP contribution in [0.3, 0.4) is 0 Å². The summed E-state index contributed by atoms with van der Waals surface area (Å²) < 4.78 is 12.9. The molecule has 1 aliphatic carbocycles. The van der Waals surface area contributed by atoms with Crippen molar-refractivity contribution in [3.8, 4) is 0 Å². The largest absolute Gasteiger partial charge is 0.314 e. The van der Waals surface area contributed by atoms with Gasteiger partial charge in [0.25, 0.3) is 0 Å². The molecule has 1 nitrogen and oxygen atoms in total. The fourth-order valence-electron chi connectivity index (χ4n) is 1.43. The number of benzene rings is 1. The summed E-state index contributed by atoms with van der Waals surface area (Å²) in [5, 5.41) is 4.03. The Morgan fingerprint density at radius 2 is 2.21 bits per heavy atom. The van der Waals surface area contributed by atoms with Crippen molar-refractivity contribution in [2.45, 2.75) is 25.3 Å². The summed E-state index contributed by atoms with van der Waals surface area (Å²) in [6.45, 7) is 0.883. The van der Waals surface area contributed by atoms with Gasteiger partial charge in [-0.15, -0.1) is 0 Å². The van der Waals surface area contributed by atoms with Crippen LogP contribution in [0.4, 0.5) is 4.39 Å². The quantitative estimate of drug-likeness (QED) is 0.811. The Bertz CT molecular complexity index is 323. The summed E-state index contributed by atoms with van der Waals surface area (Å²) in [6, 6.07) is 5.21. The van der Waals surface area contributed by atoms with Crippen LogP contribution in [0.2, 0.25) is 5.02 Å². The molecule has 0 heterocycles. The molecule has 0 aliphatic heterocycles. The smallest absolute Gasteiger partial charge is 0.123 e. The molecule has 76 valence electrons. The van der Waals surface area contributed by atoms with Crippen molar-refractivity contribution in [2.75, 3.05) is 6.54 Å². The summed E-state index contributed by atoms with van der Waals surface area (Å²) in [6.07, 6.45) is 3.35. The maximum absolute atomic E-state index is 12.9. The lowest BCUT2D eigenvalue weighted by atomic mass is 10.1. The molecule has 1 aliphatic rings. The van der Waals surface area contributed by atoms with Crippen LogP contribution >= 0.6 is 11.6 Å². The molecule has 0 bridgehead atoms. The molecule has 0 atom stereocenters. The minimum atomic E-state index is -0.212. The minimum Gasteiger partial charge on any atom is -0.314 e. The zero-order valence-electron chi connectivity index (χ0n) is 7.89. The van der Waals surface area contributed by atoms with Gasteiger partial charge < -0.3 is 5.32 Å². The maximum atomic E-state index is 12.9. The highest BCUT2D eigenvalue weighted by molar-refractivity contribution is 6.31. The lowest BCUT2D eigenvalue weighted by Crippen LogP contribution is -2.19. The third kappa shape index (κ3) is 2.69. The van der Waals surface area contributed by atoms with Crippen LogP contribution in [-0.2, 0) is 6.42 Å². The highest BCUT2D eigenvalue weighted by Gasteiger charge is 2.19. The molecule has 1 fully saturated rings.